The van der Waals surface area contributed by atoms with Gasteiger partial charge in [0.15, 0.2) is 5.65 Å². The third kappa shape index (κ3) is 4.06. The molecule has 2 heterocycles. The molecule has 0 fully saturated rings. The molecule has 0 amide bonds. The average Bonchev–Trinajstić information content (AvgIpc) is 2.75. The molecule has 2 aromatic heterocycles. The summed E-state index contributed by atoms with van der Waals surface area (Å²) in [4.78, 5) is 13.1. The zero-order valence-corrected chi connectivity index (χ0v) is 15.3. The van der Waals surface area contributed by atoms with E-state index in [2.05, 4.69) is 20.3 Å². The van der Waals surface area contributed by atoms with E-state index in [1.165, 1.54) is 12.1 Å². The van der Waals surface area contributed by atoms with E-state index in [1.807, 2.05) is 36.4 Å². The zero-order valence-electron chi connectivity index (χ0n) is 15.3. The van der Waals surface area contributed by atoms with Gasteiger partial charge in [-0.25, -0.2) is 14.4 Å². The third-order valence-electron chi connectivity index (χ3n) is 4.53. The molecule has 0 saturated carbocycles. The smallest absolute Gasteiger partial charge is 0.180 e. The van der Waals surface area contributed by atoms with Crippen LogP contribution in [0.2, 0.25) is 0 Å². The van der Waals surface area contributed by atoms with Crippen molar-refractivity contribution in [2.75, 3.05) is 12.4 Å². The number of ether oxygens (including phenoxy) is 1. The molecule has 0 saturated heterocycles. The molecular weight excluding hydrogens is 355 g/mol. The van der Waals surface area contributed by atoms with Crippen molar-refractivity contribution in [3.63, 3.8) is 0 Å². The molecule has 1 atom stereocenters. The maximum atomic E-state index is 13.3. The molecule has 0 aliphatic carbocycles. The van der Waals surface area contributed by atoms with Crippen molar-refractivity contribution in [1.82, 2.24) is 15.0 Å². The summed E-state index contributed by atoms with van der Waals surface area (Å²) in [7, 11) is 1.64. The maximum absolute atomic E-state index is 13.3. The first-order chi connectivity index (χ1) is 13.7. The molecule has 4 aromatic rings. The first-order valence-corrected chi connectivity index (χ1v) is 8.94. The van der Waals surface area contributed by atoms with Gasteiger partial charge in [0, 0.05) is 12.4 Å². The molecule has 0 aliphatic heterocycles. The normalized spacial score (nSPS) is 11.9. The summed E-state index contributed by atoms with van der Waals surface area (Å²) in [6.07, 6.45) is 3.94. The number of pyridine rings is 1. The van der Waals surface area contributed by atoms with Gasteiger partial charge in [-0.1, -0.05) is 24.3 Å². The second kappa shape index (κ2) is 8.00. The molecule has 0 aliphatic rings. The number of nitrogens with one attached hydrogen (secondary N) is 1. The van der Waals surface area contributed by atoms with E-state index in [1.54, 1.807) is 31.6 Å². The summed E-state index contributed by atoms with van der Waals surface area (Å²) in [6.45, 7) is 0. The number of hydrogen-bond acceptors (Lipinski definition) is 5. The van der Waals surface area contributed by atoms with Crippen molar-refractivity contribution < 1.29 is 9.13 Å². The van der Waals surface area contributed by atoms with Crippen LogP contribution in [0.5, 0.6) is 5.75 Å². The quantitative estimate of drug-likeness (QED) is 0.536. The van der Waals surface area contributed by atoms with Crippen molar-refractivity contribution in [3.8, 4) is 5.75 Å². The Morgan fingerprint density at radius 1 is 0.929 bits per heavy atom. The summed E-state index contributed by atoms with van der Waals surface area (Å²) >= 11 is 0. The predicted octanol–water partition coefficient (Wildman–Crippen LogP) is 4.57. The molecule has 0 bridgehead atoms. The molecule has 4 rings (SSSR count). The van der Waals surface area contributed by atoms with Crippen molar-refractivity contribution >= 4 is 17.0 Å². The molecule has 28 heavy (non-hydrogen) atoms. The minimum absolute atomic E-state index is 0.0574. The highest BCUT2D eigenvalue weighted by atomic mass is 19.1. The first kappa shape index (κ1) is 17.9. The maximum Gasteiger partial charge on any atom is 0.180 e. The SMILES string of the molecule is COc1ccc(C(Cc2ccc(F)cc2)Nc2ccc3nccnc3n2)cc1. The topological polar surface area (TPSA) is 59.9 Å². The van der Waals surface area contributed by atoms with Crippen molar-refractivity contribution in [1.29, 1.82) is 0 Å². The number of rotatable bonds is 6. The van der Waals surface area contributed by atoms with Crippen molar-refractivity contribution in [2.24, 2.45) is 0 Å². The Bertz CT molecular complexity index is 1070. The van der Waals surface area contributed by atoms with Gasteiger partial charge in [-0.3, -0.25) is 4.98 Å². The van der Waals surface area contributed by atoms with Gasteiger partial charge in [0.25, 0.3) is 0 Å². The van der Waals surface area contributed by atoms with Crippen LogP contribution in [0, 0.1) is 5.82 Å². The molecule has 0 radical (unpaired) electrons. The lowest BCUT2D eigenvalue weighted by molar-refractivity contribution is 0.414. The number of methoxy groups -OCH3 is 1. The van der Waals surface area contributed by atoms with Gasteiger partial charge in [-0.15, -0.1) is 0 Å². The molecule has 0 spiro atoms. The van der Waals surface area contributed by atoms with Gasteiger partial charge in [-0.05, 0) is 53.9 Å². The average molecular weight is 374 g/mol. The Kier molecular flexibility index (Phi) is 5.10. The minimum Gasteiger partial charge on any atom is -0.497 e. The fraction of sp³-hybridized carbons (Fsp3) is 0.136. The standard InChI is InChI=1S/C22H19FN4O/c1-28-18-8-4-16(5-9-18)20(14-15-2-6-17(23)7-3-15)26-21-11-10-19-22(27-21)25-13-12-24-19/h2-13,20H,14H2,1H3,(H,25,26,27). The van der Waals surface area contributed by atoms with Gasteiger partial charge in [0.2, 0.25) is 0 Å². The van der Waals surface area contributed by atoms with Gasteiger partial charge in [0.1, 0.15) is 22.9 Å². The van der Waals surface area contributed by atoms with Crippen LogP contribution in [-0.4, -0.2) is 22.1 Å². The first-order valence-electron chi connectivity index (χ1n) is 8.94. The predicted molar refractivity (Wildman–Crippen MR) is 107 cm³/mol. The van der Waals surface area contributed by atoms with Crippen molar-refractivity contribution in [3.05, 3.63) is 90.0 Å². The Labute approximate surface area is 162 Å². The van der Waals surface area contributed by atoms with Gasteiger partial charge in [0.05, 0.1) is 13.2 Å². The van der Waals surface area contributed by atoms with Crippen LogP contribution in [-0.2, 0) is 6.42 Å². The second-order valence-corrected chi connectivity index (χ2v) is 6.40. The van der Waals surface area contributed by atoms with Crippen LogP contribution in [0.1, 0.15) is 17.2 Å². The minimum atomic E-state index is -0.243. The van der Waals surface area contributed by atoms with E-state index in [9.17, 15) is 4.39 Å². The van der Waals surface area contributed by atoms with Crippen LogP contribution in [0.3, 0.4) is 0 Å². The molecule has 140 valence electrons. The monoisotopic (exact) mass is 374 g/mol. The highest BCUT2D eigenvalue weighted by Crippen LogP contribution is 2.25. The van der Waals surface area contributed by atoms with Crippen LogP contribution in [0.15, 0.2) is 73.1 Å². The second-order valence-electron chi connectivity index (χ2n) is 6.40. The molecule has 1 N–H and O–H groups in total. The lowest BCUT2D eigenvalue weighted by Crippen LogP contribution is -2.15. The molecule has 5 nitrogen and oxygen atoms in total. The summed E-state index contributed by atoms with van der Waals surface area (Å²) in [5, 5.41) is 3.47. The lowest BCUT2D eigenvalue weighted by Gasteiger charge is -2.20. The van der Waals surface area contributed by atoms with Crippen molar-refractivity contribution in [2.45, 2.75) is 12.5 Å². The highest BCUT2D eigenvalue weighted by molar-refractivity contribution is 5.71. The van der Waals surface area contributed by atoms with E-state index in [0.29, 0.717) is 17.9 Å². The summed E-state index contributed by atoms with van der Waals surface area (Å²) in [5.74, 6) is 1.26. The van der Waals surface area contributed by atoms with E-state index in [4.69, 9.17) is 4.74 Å². The zero-order chi connectivity index (χ0) is 19.3. The molecular formula is C22H19FN4O. The van der Waals surface area contributed by atoms with Gasteiger partial charge >= 0.3 is 0 Å². The lowest BCUT2D eigenvalue weighted by atomic mass is 9.98. The Morgan fingerprint density at radius 3 is 2.43 bits per heavy atom. The third-order valence-corrected chi connectivity index (χ3v) is 4.53. The van der Waals surface area contributed by atoms with E-state index < -0.39 is 0 Å². The van der Waals surface area contributed by atoms with E-state index >= 15 is 0 Å². The van der Waals surface area contributed by atoms with Gasteiger partial charge in [-0.2, -0.15) is 0 Å². The molecule has 1 unspecified atom stereocenters. The van der Waals surface area contributed by atoms with Gasteiger partial charge < -0.3 is 10.1 Å². The number of fused-ring (bicyclic) bond motifs is 1. The fourth-order valence-corrected chi connectivity index (χ4v) is 3.06. The van der Waals surface area contributed by atoms with E-state index in [0.717, 1.165) is 22.4 Å². The van der Waals surface area contributed by atoms with E-state index in [-0.39, 0.29) is 11.9 Å². The fourth-order valence-electron chi connectivity index (χ4n) is 3.06. The molecule has 2 aromatic carbocycles. The highest BCUT2D eigenvalue weighted by Gasteiger charge is 2.14. The number of nitrogens with zero attached hydrogens (tertiary/aromatic N) is 3. The largest absolute Gasteiger partial charge is 0.497 e. The number of hydrogen-bond donors (Lipinski definition) is 1. The van der Waals surface area contributed by atoms with Crippen LogP contribution < -0.4 is 10.1 Å². The Balaban J connectivity index is 1.64. The number of benzene rings is 2. The summed E-state index contributed by atoms with van der Waals surface area (Å²) in [5.41, 5.74) is 3.43. The Hall–Kier alpha value is -3.54. The van der Waals surface area contributed by atoms with Crippen LogP contribution in [0.4, 0.5) is 10.2 Å². The number of halogens is 1. The Morgan fingerprint density at radius 2 is 1.68 bits per heavy atom. The molecule has 6 heteroatoms. The van der Waals surface area contributed by atoms with Crippen LogP contribution >= 0.6 is 0 Å². The summed E-state index contributed by atoms with van der Waals surface area (Å²) in [6, 6.07) is 18.1. The summed E-state index contributed by atoms with van der Waals surface area (Å²) < 4.78 is 18.5. The number of anilines is 1. The number of aromatic nitrogens is 3. The van der Waals surface area contributed by atoms with Crippen LogP contribution in [0.25, 0.3) is 11.2 Å².